The van der Waals surface area contributed by atoms with E-state index in [4.69, 9.17) is 3.07 Å². The van der Waals surface area contributed by atoms with Crippen LogP contribution in [0, 0.1) is 0 Å². The molecule has 0 spiro atoms. The van der Waals surface area contributed by atoms with E-state index in [1.807, 2.05) is 0 Å². The Hall–Kier alpha value is -1.58. The van der Waals surface area contributed by atoms with Crippen LogP contribution >= 0.6 is 0 Å². The molecule has 0 saturated carbocycles. The molecule has 24 heavy (non-hydrogen) atoms. The molecule has 0 saturated heterocycles. The Morgan fingerprint density at radius 3 is 1.33 bits per heavy atom. The van der Waals surface area contributed by atoms with E-state index in [1.54, 1.807) is 0 Å². The normalized spacial score (nSPS) is 11.4. The van der Waals surface area contributed by atoms with Gasteiger partial charge in [0.2, 0.25) is 0 Å². The van der Waals surface area contributed by atoms with Crippen LogP contribution in [0.25, 0.3) is 0 Å². The van der Waals surface area contributed by atoms with Crippen LogP contribution in [0.1, 0.15) is 29.5 Å². The number of rotatable bonds is 7. The molecule has 0 bridgehead atoms. The average Bonchev–Trinajstić information content (AvgIpc) is 2.68. The molecular weight excluding hydrogens is 399 g/mol. The Morgan fingerprint density at radius 2 is 1.00 bits per heavy atom. The van der Waals surface area contributed by atoms with Gasteiger partial charge in [-0.15, -0.1) is 0 Å². The summed E-state index contributed by atoms with van der Waals surface area (Å²) in [5.41, 5.74) is 3.88. The Morgan fingerprint density at radius 1 is 0.625 bits per heavy atom. The van der Waals surface area contributed by atoms with Crippen molar-refractivity contribution >= 4 is 22.9 Å². The van der Waals surface area contributed by atoms with Crippen molar-refractivity contribution in [3.8, 4) is 0 Å². The van der Waals surface area contributed by atoms with Crippen molar-refractivity contribution < 1.29 is 3.07 Å². The minimum absolute atomic E-state index is 0.140. The Balaban J connectivity index is 2.20. The second-order valence-electron chi connectivity index (χ2n) is 5.96. The summed E-state index contributed by atoms with van der Waals surface area (Å²) in [6, 6.07) is 32.6. The molecule has 119 valence electrons. The van der Waals surface area contributed by atoms with Gasteiger partial charge in [0.25, 0.3) is 0 Å². The van der Waals surface area contributed by atoms with Crippen molar-refractivity contribution in [3.05, 3.63) is 108 Å². The minimum atomic E-state index is -0.140. The molecular formula is C22H21OSn. The number of hydrogen-bond donors (Lipinski definition) is 0. The zero-order valence-electron chi connectivity index (χ0n) is 13.7. The van der Waals surface area contributed by atoms with Crippen LogP contribution in [0.5, 0.6) is 0 Å². The van der Waals surface area contributed by atoms with E-state index >= 15 is 0 Å². The molecule has 0 atom stereocenters. The molecule has 2 heteroatoms. The molecule has 0 aliphatic heterocycles. The van der Waals surface area contributed by atoms with E-state index in [0.717, 1.165) is 42.4 Å². The van der Waals surface area contributed by atoms with Gasteiger partial charge < -0.3 is 0 Å². The van der Waals surface area contributed by atoms with E-state index in [-0.39, 0.29) is 5.41 Å². The van der Waals surface area contributed by atoms with Gasteiger partial charge >= 0.3 is 159 Å². The SMILES string of the molecule is [Sn][O]CCCC(c1ccccc1)(c1ccccc1)c1ccccc1. The summed E-state index contributed by atoms with van der Waals surface area (Å²) in [6.45, 7) is 0.812. The van der Waals surface area contributed by atoms with Crippen molar-refractivity contribution in [1.82, 2.24) is 0 Å². The molecule has 0 aliphatic rings. The van der Waals surface area contributed by atoms with Gasteiger partial charge in [0, 0.05) is 0 Å². The first-order chi connectivity index (χ1) is 11.9. The number of hydrogen-bond acceptors (Lipinski definition) is 1. The van der Waals surface area contributed by atoms with Crippen LogP contribution in [0.3, 0.4) is 0 Å². The Labute approximate surface area is 158 Å². The molecule has 3 aromatic carbocycles. The predicted molar refractivity (Wildman–Crippen MR) is 100 cm³/mol. The van der Waals surface area contributed by atoms with Crippen molar-refractivity contribution in [3.63, 3.8) is 0 Å². The van der Waals surface area contributed by atoms with Gasteiger partial charge in [0.15, 0.2) is 0 Å². The first kappa shape index (κ1) is 17.2. The van der Waals surface area contributed by atoms with Gasteiger partial charge in [0.05, 0.1) is 0 Å². The molecule has 3 rings (SSSR count). The maximum atomic E-state index is 5.43. The van der Waals surface area contributed by atoms with E-state index in [0.29, 0.717) is 0 Å². The first-order valence-electron chi connectivity index (χ1n) is 8.33. The quantitative estimate of drug-likeness (QED) is 0.300. The molecule has 0 unspecified atom stereocenters. The summed E-state index contributed by atoms with van der Waals surface area (Å²) < 4.78 is 5.43. The van der Waals surface area contributed by atoms with Crippen molar-refractivity contribution in [2.75, 3.05) is 6.61 Å². The summed E-state index contributed by atoms with van der Waals surface area (Å²) >= 11 is 1.14. The van der Waals surface area contributed by atoms with E-state index in [1.165, 1.54) is 16.7 Å². The van der Waals surface area contributed by atoms with Crippen LogP contribution < -0.4 is 0 Å². The molecule has 0 amide bonds. The fourth-order valence-corrected chi connectivity index (χ4v) is 3.92. The van der Waals surface area contributed by atoms with Gasteiger partial charge in [-0.1, -0.05) is 0 Å². The second kappa shape index (κ2) is 8.50. The monoisotopic (exact) mass is 421 g/mol. The van der Waals surface area contributed by atoms with Gasteiger partial charge in [-0.25, -0.2) is 0 Å². The van der Waals surface area contributed by atoms with Crippen molar-refractivity contribution in [2.24, 2.45) is 0 Å². The first-order valence-corrected chi connectivity index (χ1v) is 9.49. The summed E-state index contributed by atoms with van der Waals surface area (Å²) in [5.74, 6) is 0. The van der Waals surface area contributed by atoms with Crippen LogP contribution in [0.15, 0.2) is 91.0 Å². The van der Waals surface area contributed by atoms with Crippen molar-refractivity contribution in [2.45, 2.75) is 18.3 Å². The molecule has 1 nitrogen and oxygen atoms in total. The average molecular weight is 420 g/mol. The van der Waals surface area contributed by atoms with Crippen LogP contribution in [-0.4, -0.2) is 29.5 Å². The topological polar surface area (TPSA) is 9.23 Å². The molecule has 3 aromatic rings. The van der Waals surface area contributed by atoms with E-state index in [2.05, 4.69) is 91.0 Å². The second-order valence-corrected chi connectivity index (χ2v) is 6.78. The summed E-state index contributed by atoms with van der Waals surface area (Å²) in [7, 11) is 0. The van der Waals surface area contributed by atoms with E-state index in [9.17, 15) is 0 Å². The summed E-state index contributed by atoms with van der Waals surface area (Å²) in [5, 5.41) is 0. The fourth-order valence-electron chi connectivity index (χ4n) is 3.51. The van der Waals surface area contributed by atoms with Gasteiger partial charge in [-0.2, -0.15) is 0 Å². The Bertz CT molecular complexity index is 629. The third-order valence-corrected chi connectivity index (χ3v) is 5.18. The maximum absolute atomic E-state index is 5.43. The number of benzene rings is 3. The molecule has 3 radical (unpaired) electrons. The van der Waals surface area contributed by atoms with Crippen molar-refractivity contribution in [1.29, 1.82) is 0 Å². The van der Waals surface area contributed by atoms with Gasteiger partial charge in [-0.05, 0) is 0 Å². The molecule has 0 aromatic heterocycles. The molecule has 0 aliphatic carbocycles. The van der Waals surface area contributed by atoms with Crippen LogP contribution in [0.2, 0.25) is 0 Å². The standard InChI is InChI=1S/C22H21O.Sn/c23-18-10-17-22(19-11-4-1-5-12-19,20-13-6-2-7-14-20)21-15-8-3-9-16-21;/h1-9,11-16H,10,17-18H2;/q-1;+1. The zero-order chi connectivity index (χ0) is 16.7. The summed E-state index contributed by atoms with van der Waals surface area (Å²) in [6.07, 6.45) is 2.06. The third kappa shape index (κ3) is 3.57. The van der Waals surface area contributed by atoms with Crippen LogP contribution in [-0.2, 0) is 8.49 Å². The zero-order valence-corrected chi connectivity index (χ0v) is 16.5. The Kier molecular flexibility index (Phi) is 6.11. The van der Waals surface area contributed by atoms with Gasteiger partial charge in [0.1, 0.15) is 0 Å². The van der Waals surface area contributed by atoms with E-state index < -0.39 is 0 Å². The molecule has 0 fully saturated rings. The van der Waals surface area contributed by atoms with Gasteiger partial charge in [-0.3, -0.25) is 0 Å². The summed E-state index contributed by atoms with van der Waals surface area (Å²) in [4.78, 5) is 0. The third-order valence-electron chi connectivity index (χ3n) is 4.60. The molecule has 0 N–H and O–H groups in total. The predicted octanol–water partition coefficient (Wildman–Crippen LogP) is 4.90. The fraction of sp³-hybridized carbons (Fsp3) is 0.182. The van der Waals surface area contributed by atoms with Crippen LogP contribution in [0.4, 0.5) is 0 Å². The molecule has 0 heterocycles.